The Morgan fingerprint density at radius 2 is 1.96 bits per heavy atom. The lowest BCUT2D eigenvalue weighted by molar-refractivity contribution is 0.386. The molecule has 0 amide bonds. The van der Waals surface area contributed by atoms with Crippen molar-refractivity contribution in [2.24, 2.45) is 10.7 Å². The van der Waals surface area contributed by atoms with Crippen molar-refractivity contribution in [1.29, 1.82) is 0 Å². The number of nitrogens with zero attached hydrogens (tertiary/aromatic N) is 3. The Hall–Kier alpha value is -3.55. The number of anilines is 1. The van der Waals surface area contributed by atoms with Gasteiger partial charge in [0, 0.05) is 11.6 Å². The normalized spacial score (nSPS) is 15.8. The molecule has 0 saturated heterocycles. The summed E-state index contributed by atoms with van der Waals surface area (Å²) in [4.78, 5) is 21.0. The number of hydrogen-bond donors (Lipinski definition) is 2. The van der Waals surface area contributed by atoms with Crippen LogP contribution in [0, 0.1) is 0 Å². The second-order valence-electron chi connectivity index (χ2n) is 5.75. The second-order valence-corrected chi connectivity index (χ2v) is 5.75. The third-order valence-electron chi connectivity index (χ3n) is 4.29. The van der Waals surface area contributed by atoms with E-state index < -0.39 is 6.17 Å². The summed E-state index contributed by atoms with van der Waals surface area (Å²) in [6.07, 6.45) is -0.537. The third kappa shape index (κ3) is 2.43. The molecule has 0 fully saturated rings. The first-order chi connectivity index (χ1) is 12.6. The monoisotopic (exact) mass is 351 g/mol. The molecule has 1 aliphatic rings. The van der Waals surface area contributed by atoms with Crippen molar-refractivity contribution in [3.8, 4) is 11.5 Å². The molecule has 2 aromatic carbocycles. The smallest absolute Gasteiger partial charge is 0.282 e. The van der Waals surface area contributed by atoms with E-state index in [0.29, 0.717) is 28.4 Å². The van der Waals surface area contributed by atoms with Gasteiger partial charge in [0.05, 0.1) is 25.1 Å². The summed E-state index contributed by atoms with van der Waals surface area (Å²) >= 11 is 0. The van der Waals surface area contributed by atoms with E-state index in [4.69, 9.17) is 15.2 Å². The average Bonchev–Trinajstić information content (AvgIpc) is 2.66. The van der Waals surface area contributed by atoms with Crippen molar-refractivity contribution in [2.45, 2.75) is 6.17 Å². The number of aromatic nitrogens is 2. The number of methoxy groups -OCH3 is 2. The number of guanidine groups is 1. The summed E-state index contributed by atoms with van der Waals surface area (Å²) < 4.78 is 12.6. The van der Waals surface area contributed by atoms with E-state index in [2.05, 4.69) is 15.3 Å². The highest BCUT2D eigenvalue weighted by molar-refractivity contribution is 5.93. The number of nitrogens with two attached hydrogens (primary N) is 1. The van der Waals surface area contributed by atoms with Gasteiger partial charge in [-0.3, -0.25) is 14.7 Å². The van der Waals surface area contributed by atoms with Gasteiger partial charge < -0.3 is 15.2 Å². The first-order valence-corrected chi connectivity index (χ1v) is 7.96. The fourth-order valence-corrected chi connectivity index (χ4v) is 3.10. The van der Waals surface area contributed by atoms with E-state index in [1.807, 2.05) is 28.8 Å². The molecule has 0 unspecified atom stereocenters. The van der Waals surface area contributed by atoms with Crippen LogP contribution in [0.1, 0.15) is 11.7 Å². The number of ether oxygens (including phenoxy) is 2. The molecule has 4 rings (SSSR count). The summed E-state index contributed by atoms with van der Waals surface area (Å²) in [5.41, 5.74) is 7.09. The molecule has 0 spiro atoms. The summed E-state index contributed by atoms with van der Waals surface area (Å²) in [7, 11) is 3.17. The van der Waals surface area contributed by atoms with Gasteiger partial charge in [0.1, 0.15) is 11.5 Å². The molecule has 132 valence electrons. The van der Waals surface area contributed by atoms with Crippen molar-refractivity contribution in [2.75, 3.05) is 19.5 Å². The lowest BCUT2D eigenvalue weighted by Gasteiger charge is -2.28. The Balaban J connectivity index is 2.01. The van der Waals surface area contributed by atoms with Crippen LogP contribution in [0.15, 0.2) is 52.3 Å². The molecule has 0 bridgehead atoms. The average molecular weight is 351 g/mol. The first-order valence-electron chi connectivity index (χ1n) is 7.96. The van der Waals surface area contributed by atoms with E-state index in [-0.39, 0.29) is 11.5 Å². The Labute approximate surface area is 148 Å². The van der Waals surface area contributed by atoms with Crippen molar-refractivity contribution < 1.29 is 9.47 Å². The zero-order valence-corrected chi connectivity index (χ0v) is 14.3. The van der Waals surface area contributed by atoms with Crippen molar-refractivity contribution in [3.63, 3.8) is 0 Å². The predicted molar refractivity (Wildman–Crippen MR) is 98.9 cm³/mol. The topological polar surface area (TPSA) is 104 Å². The van der Waals surface area contributed by atoms with Crippen LogP contribution in [-0.4, -0.2) is 29.7 Å². The largest absolute Gasteiger partial charge is 0.497 e. The molecule has 3 N–H and O–H groups in total. The van der Waals surface area contributed by atoms with Gasteiger partial charge in [-0.15, -0.1) is 0 Å². The van der Waals surface area contributed by atoms with Crippen LogP contribution in [0.4, 0.5) is 5.95 Å². The van der Waals surface area contributed by atoms with E-state index in [1.165, 1.54) is 0 Å². The SMILES string of the molecule is COc1ccc([C@@H]2N=C(N)Nc3nc(=O)c4ccccc4n32)c(OC)c1. The summed E-state index contributed by atoms with van der Waals surface area (Å²) in [5, 5.41) is 3.37. The highest BCUT2D eigenvalue weighted by Crippen LogP contribution is 2.36. The van der Waals surface area contributed by atoms with Crippen LogP contribution in [0.3, 0.4) is 0 Å². The Kier molecular flexibility index (Phi) is 3.72. The zero-order chi connectivity index (χ0) is 18.3. The van der Waals surface area contributed by atoms with Gasteiger partial charge in [0.25, 0.3) is 5.56 Å². The van der Waals surface area contributed by atoms with Crippen molar-refractivity contribution >= 4 is 22.8 Å². The zero-order valence-electron chi connectivity index (χ0n) is 14.3. The minimum Gasteiger partial charge on any atom is -0.497 e. The van der Waals surface area contributed by atoms with Crippen LogP contribution in [0.5, 0.6) is 11.5 Å². The number of aliphatic imine (C=N–C) groups is 1. The fourth-order valence-electron chi connectivity index (χ4n) is 3.10. The number of rotatable bonds is 3. The van der Waals surface area contributed by atoms with Crippen LogP contribution in [0.25, 0.3) is 10.9 Å². The number of fused-ring (bicyclic) bond motifs is 3. The highest BCUT2D eigenvalue weighted by Gasteiger charge is 2.27. The molecular weight excluding hydrogens is 334 g/mol. The Bertz CT molecular complexity index is 1090. The minimum atomic E-state index is -0.537. The second kappa shape index (κ2) is 6.07. The standard InChI is InChI=1S/C18H17N5O3/c1-25-10-7-8-12(14(9-10)26-2)15-20-17(19)22-18-21-16(24)11-5-3-4-6-13(11)23(15)18/h3-9,15H,1-2H3,(H3,19,20,21,22,24)/t15-/m1/s1. The Morgan fingerprint density at radius 3 is 2.73 bits per heavy atom. The lowest BCUT2D eigenvalue weighted by atomic mass is 10.1. The van der Waals surface area contributed by atoms with Crippen LogP contribution in [0.2, 0.25) is 0 Å². The molecule has 8 heteroatoms. The predicted octanol–water partition coefficient (Wildman–Crippen LogP) is 1.70. The number of nitrogens with one attached hydrogen (secondary N) is 1. The molecule has 0 saturated carbocycles. The van der Waals surface area contributed by atoms with Gasteiger partial charge in [0.2, 0.25) is 5.95 Å². The lowest BCUT2D eigenvalue weighted by Crippen LogP contribution is -2.35. The van der Waals surface area contributed by atoms with Gasteiger partial charge in [-0.1, -0.05) is 12.1 Å². The molecule has 1 aromatic heterocycles. The fraction of sp³-hybridized carbons (Fsp3) is 0.167. The van der Waals surface area contributed by atoms with Crippen LogP contribution >= 0.6 is 0 Å². The maximum absolute atomic E-state index is 12.3. The molecule has 1 atom stereocenters. The molecule has 1 aliphatic heterocycles. The van der Waals surface area contributed by atoms with E-state index in [1.54, 1.807) is 32.4 Å². The maximum atomic E-state index is 12.3. The van der Waals surface area contributed by atoms with Crippen molar-refractivity contribution in [3.05, 3.63) is 58.4 Å². The van der Waals surface area contributed by atoms with Gasteiger partial charge in [0.15, 0.2) is 12.1 Å². The van der Waals surface area contributed by atoms with Crippen molar-refractivity contribution in [1.82, 2.24) is 9.55 Å². The molecular formula is C18H17N5O3. The molecule has 26 heavy (non-hydrogen) atoms. The summed E-state index contributed by atoms with van der Waals surface area (Å²) in [6.45, 7) is 0. The van der Waals surface area contributed by atoms with Gasteiger partial charge in [-0.2, -0.15) is 4.98 Å². The van der Waals surface area contributed by atoms with Crippen LogP contribution in [-0.2, 0) is 0 Å². The van der Waals surface area contributed by atoms with E-state index >= 15 is 0 Å². The number of para-hydroxylation sites is 1. The number of benzene rings is 2. The summed E-state index contributed by atoms with van der Waals surface area (Å²) in [5.74, 6) is 1.78. The van der Waals surface area contributed by atoms with Gasteiger partial charge in [-0.05, 0) is 24.3 Å². The van der Waals surface area contributed by atoms with E-state index in [9.17, 15) is 4.79 Å². The maximum Gasteiger partial charge on any atom is 0.282 e. The summed E-state index contributed by atoms with van der Waals surface area (Å²) in [6, 6.07) is 12.7. The number of hydrogen-bond acceptors (Lipinski definition) is 7. The van der Waals surface area contributed by atoms with Crippen LogP contribution < -0.4 is 26.1 Å². The Morgan fingerprint density at radius 1 is 1.15 bits per heavy atom. The van der Waals surface area contributed by atoms with Gasteiger partial charge >= 0.3 is 0 Å². The molecule has 0 radical (unpaired) electrons. The molecule has 0 aliphatic carbocycles. The first kappa shape index (κ1) is 15.9. The van der Waals surface area contributed by atoms with Gasteiger partial charge in [-0.25, -0.2) is 4.99 Å². The molecule has 3 aromatic rings. The quantitative estimate of drug-likeness (QED) is 0.744. The third-order valence-corrected chi connectivity index (χ3v) is 4.29. The van der Waals surface area contributed by atoms with E-state index in [0.717, 1.165) is 5.56 Å². The molecule has 8 nitrogen and oxygen atoms in total. The molecule has 2 heterocycles. The minimum absolute atomic E-state index is 0.176. The highest BCUT2D eigenvalue weighted by atomic mass is 16.5.